The van der Waals surface area contributed by atoms with Gasteiger partial charge in [0.1, 0.15) is 73.2 Å². The van der Waals surface area contributed by atoms with Crippen LogP contribution in [0.5, 0.6) is 0 Å². The molecule has 0 bridgehead atoms. The number of aliphatic hydroxyl groups excluding tert-OH is 11. The Bertz CT molecular complexity index is 1750. The summed E-state index contributed by atoms with van der Waals surface area (Å²) in [6.45, 7) is 1.71. The smallest absolute Gasteiger partial charge is 0.220 e. The molecule has 3 rings (SSSR count). The molecule has 17 atom stereocenters. The predicted molar refractivity (Wildman–Crippen MR) is 332 cm³/mol. The fraction of sp³-hybridized carbons (Fsp3) is 0.866. The van der Waals surface area contributed by atoms with E-state index in [0.717, 1.165) is 57.8 Å². The van der Waals surface area contributed by atoms with Gasteiger partial charge in [0.25, 0.3) is 0 Å². The first-order chi connectivity index (χ1) is 41.8. The second kappa shape index (κ2) is 49.5. The number of aliphatic hydroxyl groups is 11. The molecule has 3 fully saturated rings. The number of amides is 1. The number of allylic oxidation sites excluding steroid dienone is 7. The summed E-state index contributed by atoms with van der Waals surface area (Å²) in [4.78, 5) is 13.4. The van der Waals surface area contributed by atoms with Crippen LogP contribution in [-0.2, 0) is 33.2 Å². The molecule has 0 saturated carbocycles. The van der Waals surface area contributed by atoms with Crippen molar-refractivity contribution in [1.82, 2.24) is 5.32 Å². The van der Waals surface area contributed by atoms with E-state index in [9.17, 15) is 61.0 Å². The number of hydrogen-bond donors (Lipinski definition) is 12. The topological polar surface area (TPSA) is 307 Å². The first-order valence-electron chi connectivity index (χ1n) is 33.9. The number of hydrogen-bond acceptors (Lipinski definition) is 18. The first-order valence-corrected chi connectivity index (χ1v) is 33.9. The predicted octanol–water partition coefficient (Wildman–Crippen LogP) is 8.22. The number of rotatable bonds is 51. The molecule has 19 nitrogen and oxygen atoms in total. The van der Waals surface area contributed by atoms with Gasteiger partial charge in [0.15, 0.2) is 18.9 Å². The summed E-state index contributed by atoms with van der Waals surface area (Å²) < 4.78 is 34.3. The average molecular weight is 1230 g/mol. The van der Waals surface area contributed by atoms with Gasteiger partial charge in [-0.05, 0) is 70.6 Å². The average Bonchev–Trinajstić information content (AvgIpc) is 2.53. The minimum atomic E-state index is -1.98. The molecule has 3 aliphatic heterocycles. The molecule has 17 unspecified atom stereocenters. The van der Waals surface area contributed by atoms with Gasteiger partial charge in [-0.3, -0.25) is 4.79 Å². The molecule has 502 valence electrons. The third-order valence-corrected chi connectivity index (χ3v) is 16.8. The number of carbonyl (C=O) groups excluding carboxylic acids is 1. The second-order valence-electron chi connectivity index (χ2n) is 24.3. The van der Waals surface area contributed by atoms with Crippen molar-refractivity contribution in [2.24, 2.45) is 0 Å². The summed E-state index contributed by atoms with van der Waals surface area (Å²) in [5.41, 5.74) is 0. The SMILES string of the molecule is CCCCCCCCC/C=C\CCCCCCCCCC(=O)NC(COC1OC(CO)C(OC2OC(CO)C(OC3OC(CO)C(O)C(O)C3O)C(O)C2O)C(O)C1O)C(O)/C=C/CC/C=C/CC/C=C/CCCCCCCCCCCCCCC. The van der Waals surface area contributed by atoms with Crippen molar-refractivity contribution in [3.63, 3.8) is 0 Å². The van der Waals surface area contributed by atoms with Crippen molar-refractivity contribution in [2.75, 3.05) is 26.4 Å². The van der Waals surface area contributed by atoms with Crippen LogP contribution in [0.4, 0.5) is 0 Å². The zero-order valence-corrected chi connectivity index (χ0v) is 52.8. The molecule has 19 heteroatoms. The van der Waals surface area contributed by atoms with Gasteiger partial charge >= 0.3 is 0 Å². The highest BCUT2D eigenvalue weighted by Gasteiger charge is 2.53. The molecular formula is C67H121NO18. The third kappa shape index (κ3) is 31.7. The lowest BCUT2D eigenvalue weighted by Crippen LogP contribution is -2.66. The Hall–Kier alpha value is -2.25. The number of nitrogens with one attached hydrogen (secondary N) is 1. The first kappa shape index (κ1) is 78.0. The van der Waals surface area contributed by atoms with E-state index >= 15 is 0 Å². The largest absolute Gasteiger partial charge is 0.394 e. The summed E-state index contributed by atoms with van der Waals surface area (Å²) >= 11 is 0. The van der Waals surface area contributed by atoms with E-state index in [0.29, 0.717) is 12.8 Å². The van der Waals surface area contributed by atoms with Crippen molar-refractivity contribution >= 4 is 5.91 Å². The Kier molecular flexibility index (Phi) is 44.8. The van der Waals surface area contributed by atoms with E-state index in [4.69, 9.17) is 28.4 Å². The fourth-order valence-electron chi connectivity index (χ4n) is 11.3. The summed E-state index contributed by atoms with van der Waals surface area (Å²) in [5, 5.41) is 120. The standard InChI is InChI=1S/C67H121NO18/c1-3-5-7-9-11-13-15-17-19-21-23-24-25-26-27-28-30-32-34-36-38-40-42-44-51(72)50(68-55(73)45-43-41-39-37-35-33-31-29-22-20-18-16-14-12-10-8-6-4-2)49-81-65-61(79)58(76)63(53(47-70)83-65)86-67-62(80)59(77)64(54(48-71)84-67)85-66-60(78)57(75)56(74)52(46-69)82-66/h20,22,27-28,34,36,42,44,50-54,56-67,69-72,74-80H,3-19,21,23-26,29-33,35,37-41,43,45-49H2,1-2H3,(H,68,73)/b22-20-,28-27+,36-34+,44-42+. The zero-order chi connectivity index (χ0) is 62.6. The Morgan fingerprint density at radius 3 is 1.16 bits per heavy atom. The maximum Gasteiger partial charge on any atom is 0.220 e. The van der Waals surface area contributed by atoms with Gasteiger partial charge in [-0.2, -0.15) is 0 Å². The quantitative estimate of drug-likeness (QED) is 0.0202. The minimum absolute atomic E-state index is 0.227. The molecule has 0 aromatic carbocycles. The molecule has 3 aliphatic rings. The van der Waals surface area contributed by atoms with Crippen LogP contribution in [0.15, 0.2) is 48.6 Å². The normalized spacial score (nSPS) is 29.1. The number of carbonyl (C=O) groups is 1. The minimum Gasteiger partial charge on any atom is -0.394 e. The Balaban J connectivity index is 1.48. The third-order valence-electron chi connectivity index (χ3n) is 16.8. The van der Waals surface area contributed by atoms with E-state index in [1.165, 1.54) is 148 Å². The van der Waals surface area contributed by atoms with Crippen molar-refractivity contribution in [3.8, 4) is 0 Å². The summed E-state index contributed by atoms with van der Waals surface area (Å²) in [5.74, 6) is -0.294. The van der Waals surface area contributed by atoms with Gasteiger partial charge < -0.3 is 89.9 Å². The molecule has 1 amide bonds. The van der Waals surface area contributed by atoms with E-state index in [1.807, 2.05) is 6.08 Å². The van der Waals surface area contributed by atoms with Crippen LogP contribution in [-0.4, -0.2) is 193 Å². The molecule has 0 aromatic heterocycles. The highest BCUT2D eigenvalue weighted by atomic mass is 16.8. The van der Waals surface area contributed by atoms with E-state index in [-0.39, 0.29) is 18.9 Å². The van der Waals surface area contributed by atoms with Crippen LogP contribution in [0.3, 0.4) is 0 Å². The molecule has 12 N–H and O–H groups in total. The second-order valence-corrected chi connectivity index (χ2v) is 24.3. The Labute approximate surface area is 516 Å². The maximum atomic E-state index is 13.4. The highest BCUT2D eigenvalue weighted by molar-refractivity contribution is 5.76. The van der Waals surface area contributed by atoms with Crippen molar-refractivity contribution in [2.45, 2.75) is 343 Å². The maximum absolute atomic E-state index is 13.4. The van der Waals surface area contributed by atoms with Gasteiger partial charge in [-0.1, -0.05) is 210 Å². The molecular weight excluding hydrogens is 1110 g/mol. The van der Waals surface area contributed by atoms with Gasteiger partial charge in [0.2, 0.25) is 5.91 Å². The van der Waals surface area contributed by atoms with Crippen LogP contribution < -0.4 is 5.32 Å². The van der Waals surface area contributed by atoms with E-state index in [2.05, 4.69) is 55.6 Å². The van der Waals surface area contributed by atoms with Gasteiger partial charge in [-0.15, -0.1) is 0 Å². The molecule has 3 saturated heterocycles. The Morgan fingerprint density at radius 2 is 0.744 bits per heavy atom. The van der Waals surface area contributed by atoms with Gasteiger partial charge in [-0.25, -0.2) is 0 Å². The monoisotopic (exact) mass is 1230 g/mol. The van der Waals surface area contributed by atoms with E-state index in [1.54, 1.807) is 6.08 Å². The molecule has 3 heterocycles. The molecule has 86 heavy (non-hydrogen) atoms. The van der Waals surface area contributed by atoms with Crippen LogP contribution in [0, 0.1) is 0 Å². The number of ether oxygens (including phenoxy) is 6. The van der Waals surface area contributed by atoms with Gasteiger partial charge in [0, 0.05) is 6.42 Å². The van der Waals surface area contributed by atoms with Crippen molar-refractivity contribution in [3.05, 3.63) is 48.6 Å². The van der Waals surface area contributed by atoms with Crippen molar-refractivity contribution in [1.29, 1.82) is 0 Å². The van der Waals surface area contributed by atoms with Gasteiger partial charge in [0.05, 0.1) is 38.6 Å². The van der Waals surface area contributed by atoms with Crippen LogP contribution in [0.2, 0.25) is 0 Å². The fourth-order valence-corrected chi connectivity index (χ4v) is 11.3. The zero-order valence-electron chi connectivity index (χ0n) is 52.8. The molecule has 0 spiro atoms. The highest BCUT2D eigenvalue weighted by Crippen LogP contribution is 2.33. The lowest BCUT2D eigenvalue weighted by molar-refractivity contribution is -0.379. The summed E-state index contributed by atoms with van der Waals surface area (Å²) in [6, 6.07) is -0.999. The van der Waals surface area contributed by atoms with Crippen LogP contribution in [0.25, 0.3) is 0 Å². The number of unbranched alkanes of at least 4 members (excludes halogenated alkanes) is 29. The lowest BCUT2D eigenvalue weighted by Gasteiger charge is -2.48. The molecule has 0 aromatic rings. The molecule has 0 aliphatic carbocycles. The van der Waals surface area contributed by atoms with E-state index < -0.39 is 124 Å². The Morgan fingerprint density at radius 1 is 0.407 bits per heavy atom. The lowest BCUT2D eigenvalue weighted by atomic mass is 9.96. The van der Waals surface area contributed by atoms with Crippen LogP contribution in [0.1, 0.15) is 239 Å². The summed E-state index contributed by atoms with van der Waals surface area (Å²) in [7, 11) is 0. The molecule has 0 radical (unpaired) electrons. The van der Waals surface area contributed by atoms with Crippen molar-refractivity contribution < 1.29 is 89.4 Å². The van der Waals surface area contributed by atoms with Crippen LogP contribution >= 0.6 is 0 Å². The summed E-state index contributed by atoms with van der Waals surface area (Å²) in [6.07, 6.45) is 30.9.